The van der Waals surface area contributed by atoms with E-state index >= 15 is 0 Å². The topological polar surface area (TPSA) is 42.2 Å². The molecule has 0 radical (unpaired) electrons. The normalized spacial score (nSPS) is 26.6. The largest absolute Gasteiger partial charge is 0.478 e. The summed E-state index contributed by atoms with van der Waals surface area (Å²) in [5, 5.41) is 8.70. The lowest BCUT2D eigenvalue weighted by Gasteiger charge is -2.14. The minimum absolute atomic E-state index is 0.164. The summed E-state index contributed by atoms with van der Waals surface area (Å²) in [5.41, 5.74) is 0.226. The van der Waals surface area contributed by atoms with Gasteiger partial charge in [-0.1, -0.05) is 0 Å². The van der Waals surface area contributed by atoms with Crippen molar-refractivity contribution < 1.29 is 14.3 Å². The zero-order valence-corrected chi connectivity index (χ0v) is 7.69. The monoisotopic (exact) mass is 197 g/mol. The average molecular weight is 197 g/mol. The number of carbonyl (C=O) groups is 1. The quantitative estimate of drug-likeness (QED) is 0.790. The number of carboxylic acid groups (broad SMARTS) is 1. The van der Waals surface area contributed by atoms with Crippen LogP contribution >= 0.6 is 0 Å². The van der Waals surface area contributed by atoms with E-state index in [1.807, 2.05) is 0 Å². The maximum absolute atomic E-state index is 13.3. The van der Waals surface area contributed by atoms with Gasteiger partial charge in [0.25, 0.3) is 0 Å². The summed E-state index contributed by atoms with van der Waals surface area (Å²) in [6.07, 6.45) is 4.59. The van der Waals surface area contributed by atoms with E-state index in [1.165, 1.54) is 12.3 Å². The number of halogens is 1. The Bertz CT molecular complexity index is 348. The fourth-order valence-electron chi connectivity index (χ4n) is 1.98. The number of alkyl halides is 1. The van der Waals surface area contributed by atoms with Gasteiger partial charge in [-0.15, -0.1) is 0 Å². The highest BCUT2D eigenvalue weighted by atomic mass is 19.1. The summed E-state index contributed by atoms with van der Waals surface area (Å²) in [6, 6.07) is 1.34. The van der Waals surface area contributed by atoms with Crippen molar-refractivity contribution >= 4 is 5.97 Å². The molecule has 1 N–H and O–H groups in total. The average Bonchev–Trinajstić information content (AvgIpc) is 2.71. The van der Waals surface area contributed by atoms with Gasteiger partial charge in [0.1, 0.15) is 6.17 Å². The summed E-state index contributed by atoms with van der Waals surface area (Å²) in [5.74, 6) is -0.961. The highest BCUT2D eigenvalue weighted by molar-refractivity contribution is 5.87. The Labute approximate surface area is 81.2 Å². The SMILES string of the molecule is O=C(O)c1ccn([C@@H]2CCCC2F)c1. The molecule has 3 nitrogen and oxygen atoms in total. The van der Waals surface area contributed by atoms with Crippen molar-refractivity contribution in [3.63, 3.8) is 0 Å². The predicted octanol–water partition coefficient (Wildman–Crippen LogP) is 2.25. The number of rotatable bonds is 2. The van der Waals surface area contributed by atoms with Crippen molar-refractivity contribution in [2.75, 3.05) is 0 Å². The van der Waals surface area contributed by atoms with Crippen LogP contribution in [0, 0.1) is 0 Å². The Hall–Kier alpha value is -1.32. The van der Waals surface area contributed by atoms with Gasteiger partial charge < -0.3 is 9.67 Å². The van der Waals surface area contributed by atoms with Crippen molar-refractivity contribution in [3.05, 3.63) is 24.0 Å². The Morgan fingerprint density at radius 3 is 2.86 bits per heavy atom. The molecule has 1 aliphatic carbocycles. The molecule has 0 bridgehead atoms. The van der Waals surface area contributed by atoms with Crippen LogP contribution in [0.1, 0.15) is 35.7 Å². The van der Waals surface area contributed by atoms with E-state index in [0.29, 0.717) is 6.42 Å². The first-order chi connectivity index (χ1) is 6.68. The molecule has 1 saturated carbocycles. The molecule has 0 spiro atoms. The third-order valence-corrected chi connectivity index (χ3v) is 2.74. The van der Waals surface area contributed by atoms with Crippen LogP contribution in [0.2, 0.25) is 0 Å². The summed E-state index contributed by atoms with van der Waals surface area (Å²) in [7, 11) is 0. The molecular formula is C10H12FNO2. The molecule has 0 saturated heterocycles. The van der Waals surface area contributed by atoms with Gasteiger partial charge in [0.2, 0.25) is 0 Å². The molecule has 1 heterocycles. The van der Waals surface area contributed by atoms with E-state index in [4.69, 9.17) is 5.11 Å². The minimum Gasteiger partial charge on any atom is -0.478 e. The fourth-order valence-corrected chi connectivity index (χ4v) is 1.98. The van der Waals surface area contributed by atoms with E-state index in [-0.39, 0.29) is 11.6 Å². The summed E-state index contributed by atoms with van der Waals surface area (Å²) in [6.45, 7) is 0. The molecule has 2 rings (SSSR count). The number of hydrogen-bond donors (Lipinski definition) is 1. The second kappa shape index (κ2) is 3.44. The van der Waals surface area contributed by atoms with Gasteiger partial charge in [0, 0.05) is 12.4 Å². The van der Waals surface area contributed by atoms with Crippen LogP contribution in [-0.4, -0.2) is 21.8 Å². The Morgan fingerprint density at radius 2 is 2.36 bits per heavy atom. The lowest BCUT2D eigenvalue weighted by Crippen LogP contribution is -2.12. The molecule has 1 aromatic rings. The van der Waals surface area contributed by atoms with Gasteiger partial charge in [0.15, 0.2) is 0 Å². The first-order valence-electron chi connectivity index (χ1n) is 4.73. The van der Waals surface area contributed by atoms with Crippen LogP contribution < -0.4 is 0 Å². The van der Waals surface area contributed by atoms with Crippen LogP contribution in [-0.2, 0) is 0 Å². The fraction of sp³-hybridized carbons (Fsp3) is 0.500. The summed E-state index contributed by atoms with van der Waals surface area (Å²) < 4.78 is 15.0. The van der Waals surface area contributed by atoms with Crippen LogP contribution in [0.15, 0.2) is 18.5 Å². The first kappa shape index (κ1) is 9.24. The molecule has 1 aliphatic rings. The van der Waals surface area contributed by atoms with Gasteiger partial charge in [-0.3, -0.25) is 0 Å². The smallest absolute Gasteiger partial charge is 0.337 e. The lowest BCUT2D eigenvalue weighted by molar-refractivity contribution is 0.0696. The zero-order chi connectivity index (χ0) is 10.1. The van der Waals surface area contributed by atoms with Gasteiger partial charge in [-0.05, 0) is 25.3 Å². The zero-order valence-electron chi connectivity index (χ0n) is 7.69. The molecule has 1 aromatic heterocycles. The van der Waals surface area contributed by atoms with E-state index in [2.05, 4.69) is 0 Å². The van der Waals surface area contributed by atoms with Crippen molar-refractivity contribution in [3.8, 4) is 0 Å². The Balaban J connectivity index is 2.20. The van der Waals surface area contributed by atoms with E-state index in [0.717, 1.165) is 12.8 Å². The van der Waals surface area contributed by atoms with E-state index in [1.54, 1.807) is 10.8 Å². The maximum Gasteiger partial charge on any atom is 0.337 e. The molecule has 4 heteroatoms. The first-order valence-corrected chi connectivity index (χ1v) is 4.73. The highest BCUT2D eigenvalue weighted by Gasteiger charge is 2.28. The molecule has 76 valence electrons. The molecule has 0 amide bonds. The number of aromatic nitrogens is 1. The van der Waals surface area contributed by atoms with Gasteiger partial charge >= 0.3 is 5.97 Å². The second-order valence-corrected chi connectivity index (χ2v) is 3.67. The molecule has 2 atom stereocenters. The minimum atomic E-state index is -0.961. The molecule has 0 aromatic carbocycles. The van der Waals surface area contributed by atoms with E-state index in [9.17, 15) is 9.18 Å². The van der Waals surface area contributed by atoms with Crippen LogP contribution in [0.3, 0.4) is 0 Å². The van der Waals surface area contributed by atoms with Crippen molar-refractivity contribution in [2.24, 2.45) is 0 Å². The van der Waals surface area contributed by atoms with Gasteiger partial charge in [0.05, 0.1) is 11.6 Å². The molecule has 14 heavy (non-hydrogen) atoms. The van der Waals surface area contributed by atoms with Crippen molar-refractivity contribution in [1.82, 2.24) is 4.57 Å². The van der Waals surface area contributed by atoms with Gasteiger partial charge in [-0.2, -0.15) is 0 Å². The number of nitrogens with zero attached hydrogens (tertiary/aromatic N) is 1. The number of carboxylic acids is 1. The number of aromatic carboxylic acids is 1. The van der Waals surface area contributed by atoms with Crippen molar-refractivity contribution in [2.45, 2.75) is 31.5 Å². The molecule has 1 unspecified atom stereocenters. The standard InChI is InChI=1S/C10H12FNO2/c11-8-2-1-3-9(8)12-5-4-7(6-12)10(13)14/h4-6,8-9H,1-3H2,(H,13,14)/t8?,9-/m1/s1. The lowest BCUT2D eigenvalue weighted by atomic mass is 10.2. The van der Waals surface area contributed by atoms with E-state index < -0.39 is 12.1 Å². The molecule has 0 aliphatic heterocycles. The third kappa shape index (κ3) is 1.52. The summed E-state index contributed by atoms with van der Waals surface area (Å²) >= 11 is 0. The molecular weight excluding hydrogens is 185 g/mol. The molecule has 1 fully saturated rings. The van der Waals surface area contributed by atoms with Crippen molar-refractivity contribution in [1.29, 1.82) is 0 Å². The number of hydrogen-bond acceptors (Lipinski definition) is 1. The third-order valence-electron chi connectivity index (χ3n) is 2.74. The second-order valence-electron chi connectivity index (χ2n) is 3.67. The Kier molecular flexibility index (Phi) is 2.27. The highest BCUT2D eigenvalue weighted by Crippen LogP contribution is 2.32. The maximum atomic E-state index is 13.3. The van der Waals surface area contributed by atoms with Gasteiger partial charge in [-0.25, -0.2) is 9.18 Å². The van der Waals surface area contributed by atoms with Crippen LogP contribution in [0.5, 0.6) is 0 Å². The Morgan fingerprint density at radius 1 is 1.57 bits per heavy atom. The predicted molar refractivity (Wildman–Crippen MR) is 49.2 cm³/mol. The van der Waals surface area contributed by atoms with Crippen LogP contribution in [0.4, 0.5) is 4.39 Å². The van der Waals surface area contributed by atoms with Crippen LogP contribution in [0.25, 0.3) is 0 Å². The summed E-state index contributed by atoms with van der Waals surface area (Å²) in [4.78, 5) is 10.6.